The van der Waals surface area contributed by atoms with Crippen LogP contribution >= 0.6 is 0 Å². The third-order valence-corrected chi connectivity index (χ3v) is 6.10. The van der Waals surface area contributed by atoms with Gasteiger partial charge < -0.3 is 14.4 Å². The molecule has 2 heterocycles. The number of esters is 1. The van der Waals surface area contributed by atoms with Gasteiger partial charge in [0.15, 0.2) is 5.82 Å². The minimum atomic E-state index is -3.84. The van der Waals surface area contributed by atoms with E-state index < -0.39 is 27.8 Å². The van der Waals surface area contributed by atoms with E-state index in [9.17, 15) is 23.3 Å². The first-order chi connectivity index (χ1) is 15.8. The zero-order chi connectivity index (χ0) is 24.0. The van der Waals surface area contributed by atoms with Gasteiger partial charge in [0.1, 0.15) is 11.6 Å². The second-order valence-electron chi connectivity index (χ2n) is 7.29. The summed E-state index contributed by atoms with van der Waals surface area (Å²) in [5.74, 6) is -1.88. The number of aromatic nitrogens is 1. The largest absolute Gasteiger partial charge is 0.477 e. The molecule has 11 heteroatoms. The average Bonchev–Trinajstić information content (AvgIpc) is 2.73. The molecule has 2 aromatic rings. The van der Waals surface area contributed by atoms with Gasteiger partial charge in [0.05, 0.1) is 30.4 Å². The fourth-order valence-corrected chi connectivity index (χ4v) is 4.47. The maximum absolute atomic E-state index is 12.5. The molecule has 0 unspecified atom stereocenters. The maximum Gasteiger partial charge on any atom is 0.343 e. The molecule has 0 aliphatic carbocycles. The van der Waals surface area contributed by atoms with Crippen LogP contribution in [0.4, 0.5) is 5.82 Å². The summed E-state index contributed by atoms with van der Waals surface area (Å²) in [6.07, 6.45) is 0. The second kappa shape index (κ2) is 10.3. The normalized spacial score (nSPS) is 13.5. The molecule has 1 aromatic heterocycles. The van der Waals surface area contributed by atoms with E-state index in [1.807, 2.05) is 6.07 Å². The lowest BCUT2D eigenvalue weighted by molar-refractivity contribution is -0.123. The minimum Gasteiger partial charge on any atom is -0.477 e. The molecule has 1 amide bonds. The highest BCUT2D eigenvalue weighted by Crippen LogP contribution is 2.31. The standard InChI is InChI=1S/C22H24N4O6S/c1-3-31-21-18(22(28)32-4-2)10-16(11-23)19(24-21)26-12-17(13-26)20(27)25-33(29,30)14-15-8-6-5-7-9-15/h5-10,17H,3-4,12-14H2,1-2H3,(H,25,27). The van der Waals surface area contributed by atoms with Crippen molar-refractivity contribution in [1.29, 1.82) is 5.26 Å². The predicted molar refractivity (Wildman–Crippen MR) is 119 cm³/mol. The molecule has 1 aliphatic rings. The molecule has 1 saturated heterocycles. The quantitative estimate of drug-likeness (QED) is 0.539. The Morgan fingerprint density at radius 1 is 1.21 bits per heavy atom. The number of nitrogens with one attached hydrogen (secondary N) is 1. The average molecular weight is 473 g/mol. The summed E-state index contributed by atoms with van der Waals surface area (Å²) in [6, 6.07) is 11.9. The summed E-state index contributed by atoms with van der Waals surface area (Å²) < 4.78 is 37.2. The van der Waals surface area contributed by atoms with Gasteiger partial charge in [-0.05, 0) is 25.5 Å². The number of hydrogen-bond acceptors (Lipinski definition) is 9. The summed E-state index contributed by atoms with van der Waals surface area (Å²) in [5, 5.41) is 9.54. The molecule has 0 atom stereocenters. The monoisotopic (exact) mass is 472 g/mol. The van der Waals surface area contributed by atoms with Crippen LogP contribution in [0.5, 0.6) is 5.88 Å². The SMILES string of the molecule is CCOC(=O)c1cc(C#N)c(N2CC(C(=O)NS(=O)(=O)Cc3ccccc3)C2)nc1OCC. The van der Waals surface area contributed by atoms with E-state index >= 15 is 0 Å². The van der Waals surface area contributed by atoms with E-state index in [0.717, 1.165) is 0 Å². The zero-order valence-electron chi connectivity index (χ0n) is 18.3. The molecule has 0 bridgehead atoms. The number of carbonyl (C=O) groups excluding carboxylic acids is 2. The number of carbonyl (C=O) groups is 2. The van der Waals surface area contributed by atoms with Crippen molar-refractivity contribution in [3.8, 4) is 11.9 Å². The zero-order valence-corrected chi connectivity index (χ0v) is 19.1. The van der Waals surface area contributed by atoms with Gasteiger partial charge in [-0.2, -0.15) is 10.2 Å². The number of sulfonamides is 1. The molecule has 1 aromatic carbocycles. The first-order valence-electron chi connectivity index (χ1n) is 10.4. The Bertz CT molecular complexity index is 1170. The molecule has 3 rings (SSSR count). The highest BCUT2D eigenvalue weighted by molar-refractivity contribution is 7.89. The molecule has 1 N–H and O–H groups in total. The van der Waals surface area contributed by atoms with Crippen LogP contribution in [0.15, 0.2) is 36.4 Å². The van der Waals surface area contributed by atoms with Gasteiger partial charge in [-0.25, -0.2) is 13.2 Å². The highest BCUT2D eigenvalue weighted by atomic mass is 32.2. The third-order valence-electron chi connectivity index (χ3n) is 4.87. The summed E-state index contributed by atoms with van der Waals surface area (Å²) >= 11 is 0. The van der Waals surface area contributed by atoms with Crippen LogP contribution in [0.25, 0.3) is 0 Å². The first-order valence-corrected chi connectivity index (χ1v) is 12.0. The summed E-state index contributed by atoms with van der Waals surface area (Å²) in [5.41, 5.74) is 0.735. The molecule has 1 fully saturated rings. The Kier molecular flexibility index (Phi) is 7.50. The molecule has 0 spiro atoms. The van der Waals surface area contributed by atoms with Crippen molar-refractivity contribution in [2.45, 2.75) is 19.6 Å². The van der Waals surface area contributed by atoms with Crippen LogP contribution in [0, 0.1) is 17.2 Å². The lowest BCUT2D eigenvalue weighted by atomic mass is 9.98. The number of amides is 1. The number of nitriles is 1. The second-order valence-corrected chi connectivity index (χ2v) is 9.01. The van der Waals surface area contributed by atoms with Gasteiger partial charge in [-0.15, -0.1) is 0 Å². The molecule has 33 heavy (non-hydrogen) atoms. The predicted octanol–water partition coefficient (Wildman–Crippen LogP) is 1.61. The Hall–Kier alpha value is -3.65. The van der Waals surface area contributed by atoms with Crippen LogP contribution in [0.2, 0.25) is 0 Å². The van der Waals surface area contributed by atoms with Gasteiger partial charge in [-0.3, -0.25) is 9.52 Å². The van der Waals surface area contributed by atoms with Crippen molar-refractivity contribution in [2.75, 3.05) is 31.2 Å². The number of anilines is 1. The number of benzene rings is 1. The van der Waals surface area contributed by atoms with Crippen molar-refractivity contribution in [2.24, 2.45) is 5.92 Å². The lowest BCUT2D eigenvalue weighted by Gasteiger charge is -2.39. The van der Waals surface area contributed by atoms with Crippen LogP contribution in [0.3, 0.4) is 0 Å². The van der Waals surface area contributed by atoms with Crippen LogP contribution < -0.4 is 14.4 Å². The van der Waals surface area contributed by atoms with Crippen molar-refractivity contribution in [3.63, 3.8) is 0 Å². The molecule has 0 saturated carbocycles. The summed E-state index contributed by atoms with van der Waals surface area (Å²) in [6.45, 7) is 4.13. The van der Waals surface area contributed by atoms with Crippen molar-refractivity contribution in [1.82, 2.24) is 9.71 Å². The van der Waals surface area contributed by atoms with Gasteiger partial charge in [0.2, 0.25) is 21.8 Å². The Labute approximate surface area is 192 Å². The maximum atomic E-state index is 12.5. The van der Waals surface area contributed by atoms with E-state index in [0.29, 0.717) is 5.56 Å². The molecular weight excluding hydrogens is 448 g/mol. The van der Waals surface area contributed by atoms with Gasteiger partial charge >= 0.3 is 5.97 Å². The van der Waals surface area contributed by atoms with E-state index in [2.05, 4.69) is 9.71 Å². The first kappa shape index (κ1) is 24.0. The van der Waals surface area contributed by atoms with Crippen molar-refractivity contribution >= 4 is 27.7 Å². The van der Waals surface area contributed by atoms with E-state index in [4.69, 9.17) is 9.47 Å². The molecular formula is C22H24N4O6S. The molecule has 174 valence electrons. The summed E-state index contributed by atoms with van der Waals surface area (Å²) in [7, 11) is -3.84. The van der Waals surface area contributed by atoms with Gasteiger partial charge in [-0.1, -0.05) is 30.3 Å². The Morgan fingerprint density at radius 2 is 1.91 bits per heavy atom. The van der Waals surface area contributed by atoms with Gasteiger partial charge in [0.25, 0.3) is 0 Å². The van der Waals surface area contributed by atoms with E-state index in [-0.39, 0.29) is 54.9 Å². The Morgan fingerprint density at radius 3 is 2.52 bits per heavy atom. The third kappa shape index (κ3) is 5.78. The van der Waals surface area contributed by atoms with Crippen LogP contribution in [-0.4, -0.2) is 51.6 Å². The number of ether oxygens (including phenoxy) is 2. The fraction of sp³-hybridized carbons (Fsp3) is 0.364. The number of nitrogens with zero attached hydrogens (tertiary/aromatic N) is 3. The Balaban J connectivity index is 1.70. The lowest BCUT2D eigenvalue weighted by Crippen LogP contribution is -2.55. The molecule has 10 nitrogen and oxygen atoms in total. The smallest absolute Gasteiger partial charge is 0.343 e. The van der Waals surface area contributed by atoms with Crippen LogP contribution in [-0.2, 0) is 25.3 Å². The molecule has 0 radical (unpaired) electrons. The van der Waals surface area contributed by atoms with Crippen molar-refractivity contribution in [3.05, 3.63) is 53.1 Å². The topological polar surface area (TPSA) is 139 Å². The summed E-state index contributed by atoms with van der Waals surface area (Å²) in [4.78, 5) is 30.6. The van der Waals surface area contributed by atoms with E-state index in [1.54, 1.807) is 49.1 Å². The number of pyridine rings is 1. The van der Waals surface area contributed by atoms with Gasteiger partial charge in [0, 0.05) is 13.1 Å². The highest BCUT2D eigenvalue weighted by Gasteiger charge is 2.37. The number of hydrogen-bond donors (Lipinski definition) is 1. The van der Waals surface area contributed by atoms with Crippen LogP contribution in [0.1, 0.15) is 35.3 Å². The molecule has 1 aliphatic heterocycles. The van der Waals surface area contributed by atoms with Crippen molar-refractivity contribution < 1.29 is 27.5 Å². The number of rotatable bonds is 9. The van der Waals surface area contributed by atoms with E-state index in [1.165, 1.54) is 6.07 Å². The fourth-order valence-electron chi connectivity index (χ4n) is 3.30. The minimum absolute atomic E-state index is 0.0308.